The van der Waals surface area contributed by atoms with E-state index in [-0.39, 0.29) is 13.0 Å². The number of carbonyl (C=O) groups is 1. The number of nitrogens with zero attached hydrogens (tertiary/aromatic N) is 1. The van der Waals surface area contributed by atoms with Gasteiger partial charge < -0.3 is 20.6 Å². The summed E-state index contributed by atoms with van der Waals surface area (Å²) in [5, 5.41) is 10.2. The third-order valence-corrected chi connectivity index (χ3v) is 2.05. The minimum Gasteiger partial charge on any atom is -0.481 e. The highest BCUT2D eigenvalue weighted by atomic mass is 31.2. The van der Waals surface area contributed by atoms with Crippen LogP contribution in [0.4, 0.5) is 0 Å². The van der Waals surface area contributed by atoms with Gasteiger partial charge in [-0.1, -0.05) is 0 Å². The highest BCUT2D eigenvalue weighted by Gasteiger charge is 2.20. The summed E-state index contributed by atoms with van der Waals surface area (Å²) in [4.78, 5) is 28.4. The molecule has 0 rings (SSSR count). The Hall–Kier alpha value is -0.500. The van der Waals surface area contributed by atoms with Crippen LogP contribution in [0.15, 0.2) is 0 Å². The van der Waals surface area contributed by atoms with Gasteiger partial charge in [-0.3, -0.25) is 9.69 Å². The molecule has 1 atom stereocenters. The zero-order valence-electron chi connectivity index (χ0n) is 7.62. The minimum absolute atomic E-state index is 0.101. The van der Waals surface area contributed by atoms with E-state index < -0.39 is 20.0 Å². The number of carboxylic acid groups (broad SMARTS) is 1. The highest BCUT2D eigenvalue weighted by molar-refractivity contribution is 7.49. The van der Waals surface area contributed by atoms with Gasteiger partial charge in [0.25, 0.3) is 0 Å². The lowest BCUT2D eigenvalue weighted by Crippen LogP contribution is -2.49. The van der Waals surface area contributed by atoms with E-state index in [9.17, 15) is 9.36 Å². The lowest BCUT2D eigenvalue weighted by atomic mass is 10.4. The molecule has 0 aromatic heterocycles. The molecule has 8 nitrogen and oxygen atoms in total. The predicted molar refractivity (Wildman–Crippen MR) is 48.0 cm³/mol. The van der Waals surface area contributed by atoms with Crippen LogP contribution >= 0.6 is 7.75 Å². The molecule has 0 amide bonds. The Bertz CT molecular complexity index is 242. The van der Waals surface area contributed by atoms with Gasteiger partial charge in [-0.2, -0.15) is 5.09 Å². The van der Waals surface area contributed by atoms with Crippen molar-refractivity contribution in [2.75, 3.05) is 13.6 Å². The molecule has 0 saturated carbocycles. The average Bonchev–Trinajstić information content (AvgIpc) is 1.96. The molecule has 9 heteroatoms. The van der Waals surface area contributed by atoms with Crippen molar-refractivity contribution in [1.82, 2.24) is 9.99 Å². The highest BCUT2D eigenvalue weighted by Crippen LogP contribution is 2.28. The number of nitrogens with one attached hydrogen (secondary N) is 1. The third-order valence-electron chi connectivity index (χ3n) is 1.45. The van der Waals surface area contributed by atoms with Crippen molar-refractivity contribution < 1.29 is 24.3 Å². The normalized spacial score (nSPS) is 14.4. The Balaban J connectivity index is 3.93. The van der Waals surface area contributed by atoms with Crippen molar-refractivity contribution >= 4 is 13.7 Å². The van der Waals surface area contributed by atoms with Gasteiger partial charge in [0.1, 0.15) is 6.29 Å². The molecule has 0 aliphatic heterocycles. The van der Waals surface area contributed by atoms with Crippen LogP contribution in [0.1, 0.15) is 6.42 Å². The van der Waals surface area contributed by atoms with Gasteiger partial charge in [0.15, 0.2) is 0 Å². The van der Waals surface area contributed by atoms with Gasteiger partial charge in [0.05, 0.1) is 6.42 Å². The second-order valence-corrected chi connectivity index (χ2v) is 4.09. The van der Waals surface area contributed by atoms with Crippen LogP contribution in [0.25, 0.3) is 0 Å². The van der Waals surface area contributed by atoms with Crippen molar-refractivity contribution in [2.45, 2.75) is 12.7 Å². The Kier molecular flexibility index (Phi) is 5.21. The minimum atomic E-state index is -4.39. The predicted octanol–water partition coefficient (Wildman–Crippen LogP) is -1.68. The molecule has 0 spiro atoms. The first kappa shape index (κ1) is 13.5. The van der Waals surface area contributed by atoms with E-state index >= 15 is 0 Å². The molecule has 0 aromatic rings. The second-order valence-electron chi connectivity index (χ2n) is 2.74. The van der Waals surface area contributed by atoms with Gasteiger partial charge >= 0.3 is 13.7 Å². The van der Waals surface area contributed by atoms with Crippen LogP contribution in [-0.2, 0) is 9.36 Å². The lowest BCUT2D eigenvalue weighted by molar-refractivity contribution is -0.137. The molecular formula is C5H14N3O5P. The Morgan fingerprint density at radius 2 is 2.14 bits per heavy atom. The number of aliphatic carboxylic acids is 1. The van der Waals surface area contributed by atoms with Crippen molar-refractivity contribution in [3.8, 4) is 0 Å². The Labute approximate surface area is 80.9 Å². The maximum absolute atomic E-state index is 10.4. The quantitative estimate of drug-likeness (QED) is 0.268. The molecule has 0 aromatic carbocycles. The molecule has 0 aliphatic carbocycles. The number of hydrogen-bond acceptors (Lipinski definition) is 4. The fourth-order valence-corrected chi connectivity index (χ4v) is 1.22. The summed E-state index contributed by atoms with van der Waals surface area (Å²) in [6.45, 7) is 0.101. The van der Waals surface area contributed by atoms with Gasteiger partial charge in [-0.15, -0.1) is 0 Å². The van der Waals surface area contributed by atoms with Crippen LogP contribution in [0.2, 0.25) is 0 Å². The molecule has 0 radical (unpaired) electrons. The summed E-state index contributed by atoms with van der Waals surface area (Å²) in [5.41, 5.74) is 5.32. The summed E-state index contributed by atoms with van der Waals surface area (Å²) >= 11 is 0. The standard InChI is InChI=1S/C5H14N3O5P/c1-8(3-2-4(9)10)5(6)7-14(11,12)13/h5H,2-3,6H2,1H3,(H,9,10)(H3,7,11,12,13). The number of hydrogen-bond donors (Lipinski definition) is 5. The average molecular weight is 227 g/mol. The Morgan fingerprint density at radius 3 is 2.50 bits per heavy atom. The molecule has 0 bridgehead atoms. The summed E-state index contributed by atoms with van der Waals surface area (Å²) in [7, 11) is -2.93. The van der Waals surface area contributed by atoms with Crippen LogP contribution in [0.5, 0.6) is 0 Å². The van der Waals surface area contributed by atoms with Crippen LogP contribution < -0.4 is 10.8 Å². The van der Waals surface area contributed by atoms with Crippen LogP contribution in [0, 0.1) is 0 Å². The maximum atomic E-state index is 10.4. The van der Waals surface area contributed by atoms with Gasteiger partial charge in [-0.05, 0) is 7.05 Å². The monoisotopic (exact) mass is 227 g/mol. The fraction of sp³-hybridized carbons (Fsp3) is 0.800. The van der Waals surface area contributed by atoms with Crippen LogP contribution in [-0.4, -0.2) is 45.6 Å². The molecule has 0 saturated heterocycles. The second kappa shape index (κ2) is 5.40. The lowest BCUT2D eigenvalue weighted by Gasteiger charge is -2.24. The summed E-state index contributed by atoms with van der Waals surface area (Å²) in [5.74, 6) is -1.000. The van der Waals surface area contributed by atoms with Crippen molar-refractivity contribution in [2.24, 2.45) is 5.73 Å². The smallest absolute Gasteiger partial charge is 0.402 e. The van der Waals surface area contributed by atoms with E-state index in [1.807, 2.05) is 5.09 Å². The zero-order chi connectivity index (χ0) is 11.4. The molecular weight excluding hydrogens is 213 g/mol. The number of nitrogens with two attached hydrogens (primary N) is 1. The van der Waals surface area contributed by atoms with E-state index in [1.165, 1.54) is 11.9 Å². The van der Waals surface area contributed by atoms with E-state index in [1.54, 1.807) is 0 Å². The molecule has 0 aliphatic rings. The fourth-order valence-electron chi connectivity index (χ4n) is 0.682. The van der Waals surface area contributed by atoms with E-state index in [2.05, 4.69) is 0 Å². The van der Waals surface area contributed by atoms with Crippen molar-refractivity contribution in [3.05, 3.63) is 0 Å². The van der Waals surface area contributed by atoms with E-state index in [0.717, 1.165) is 0 Å². The first-order valence-corrected chi connectivity index (χ1v) is 5.34. The SMILES string of the molecule is CN(CCC(=O)O)C(N)NP(=O)(O)O. The Morgan fingerprint density at radius 1 is 1.64 bits per heavy atom. The van der Waals surface area contributed by atoms with Crippen LogP contribution in [0.3, 0.4) is 0 Å². The van der Waals surface area contributed by atoms with E-state index in [0.29, 0.717) is 0 Å². The largest absolute Gasteiger partial charge is 0.481 e. The van der Waals surface area contributed by atoms with E-state index in [4.69, 9.17) is 20.6 Å². The first-order chi connectivity index (χ1) is 6.22. The van der Waals surface area contributed by atoms with Gasteiger partial charge in [-0.25, -0.2) is 4.57 Å². The van der Waals surface area contributed by atoms with Crippen molar-refractivity contribution in [3.63, 3.8) is 0 Å². The summed E-state index contributed by atoms with van der Waals surface area (Å²) in [6.07, 6.45) is -1.22. The van der Waals surface area contributed by atoms with Crippen molar-refractivity contribution in [1.29, 1.82) is 0 Å². The number of rotatable bonds is 6. The molecule has 1 unspecified atom stereocenters. The third kappa shape index (κ3) is 6.96. The molecule has 84 valence electrons. The van der Waals surface area contributed by atoms with Gasteiger partial charge in [0, 0.05) is 6.54 Å². The maximum Gasteiger partial charge on any atom is 0.402 e. The molecule has 6 N–H and O–H groups in total. The summed E-state index contributed by atoms with van der Waals surface area (Å²) < 4.78 is 10.4. The van der Waals surface area contributed by atoms with Gasteiger partial charge in [0.2, 0.25) is 0 Å². The zero-order valence-corrected chi connectivity index (χ0v) is 8.52. The summed E-state index contributed by atoms with van der Waals surface area (Å²) in [6, 6.07) is 0. The molecule has 0 heterocycles. The first-order valence-electron chi connectivity index (χ1n) is 3.73. The molecule has 0 fully saturated rings. The molecule has 14 heavy (non-hydrogen) atoms. The number of carboxylic acids is 1. The topological polar surface area (TPSA) is 136 Å².